The number of rotatable bonds is 5. The fourth-order valence-corrected chi connectivity index (χ4v) is 3.54. The van der Waals surface area contributed by atoms with Gasteiger partial charge in [0.1, 0.15) is 5.75 Å². The van der Waals surface area contributed by atoms with Crippen LogP contribution in [0.4, 0.5) is 13.2 Å². The maximum atomic E-state index is 12.7. The number of aliphatic hydroxyl groups is 2. The molecular weight excluding hydrogens is 371 g/mol. The van der Waals surface area contributed by atoms with Crippen molar-refractivity contribution >= 4 is 0 Å². The molecule has 0 aromatic heterocycles. The lowest BCUT2D eigenvalue weighted by atomic mass is 9.84. The van der Waals surface area contributed by atoms with Gasteiger partial charge in [-0.2, -0.15) is 13.2 Å². The van der Waals surface area contributed by atoms with Gasteiger partial charge in [0.05, 0.1) is 24.4 Å². The number of piperidine rings is 1. The number of hydrogen-bond acceptors (Lipinski definition) is 4. The van der Waals surface area contributed by atoms with Crippen LogP contribution < -0.4 is 4.74 Å². The van der Waals surface area contributed by atoms with Crippen molar-refractivity contribution in [2.45, 2.75) is 30.7 Å². The zero-order valence-electron chi connectivity index (χ0n) is 15.6. The monoisotopic (exact) mass is 395 g/mol. The van der Waals surface area contributed by atoms with Crippen LogP contribution in [0.25, 0.3) is 0 Å². The summed E-state index contributed by atoms with van der Waals surface area (Å²) in [6.45, 7) is 1.52. The van der Waals surface area contributed by atoms with Crippen molar-refractivity contribution < 1.29 is 28.1 Å². The summed E-state index contributed by atoms with van der Waals surface area (Å²) in [6.07, 6.45) is -4.26. The molecule has 7 heteroatoms. The van der Waals surface area contributed by atoms with Gasteiger partial charge in [-0.05, 0) is 48.2 Å². The molecule has 1 atom stereocenters. The van der Waals surface area contributed by atoms with E-state index in [2.05, 4.69) is 0 Å². The molecule has 2 aromatic carbocycles. The van der Waals surface area contributed by atoms with Gasteiger partial charge in [-0.3, -0.25) is 0 Å². The fourth-order valence-electron chi connectivity index (χ4n) is 3.54. The molecule has 1 heterocycles. The molecule has 0 aliphatic carbocycles. The van der Waals surface area contributed by atoms with Crippen LogP contribution in [0.2, 0.25) is 0 Å². The van der Waals surface area contributed by atoms with E-state index in [1.807, 2.05) is 17.0 Å². The Labute approximate surface area is 162 Å². The van der Waals surface area contributed by atoms with Crippen molar-refractivity contribution in [3.05, 3.63) is 65.2 Å². The van der Waals surface area contributed by atoms with Crippen LogP contribution in [0.1, 0.15) is 35.6 Å². The predicted molar refractivity (Wildman–Crippen MR) is 99.0 cm³/mol. The number of methoxy groups -OCH3 is 1. The van der Waals surface area contributed by atoms with Gasteiger partial charge in [-0.15, -0.1) is 0 Å². The van der Waals surface area contributed by atoms with Crippen molar-refractivity contribution in [2.75, 3.05) is 26.7 Å². The summed E-state index contributed by atoms with van der Waals surface area (Å²) < 4.78 is 43.2. The first-order valence-electron chi connectivity index (χ1n) is 9.16. The van der Waals surface area contributed by atoms with Gasteiger partial charge < -0.3 is 19.8 Å². The predicted octanol–water partition coefficient (Wildman–Crippen LogP) is 3.73. The number of β-amino-alcohol motifs (C(OH)–C–C–N with tert-alkyl or cyclic N) is 1. The van der Waals surface area contributed by atoms with Crippen LogP contribution >= 0.6 is 0 Å². The summed E-state index contributed by atoms with van der Waals surface area (Å²) in [5.74, 6) is 0.718. The van der Waals surface area contributed by atoms with Crippen LogP contribution in [-0.4, -0.2) is 41.9 Å². The second kappa shape index (κ2) is 8.11. The quantitative estimate of drug-likeness (QED) is 0.810. The third-order valence-electron chi connectivity index (χ3n) is 5.36. The molecule has 4 nitrogen and oxygen atoms in total. The van der Waals surface area contributed by atoms with Crippen molar-refractivity contribution in [1.29, 1.82) is 0 Å². The van der Waals surface area contributed by atoms with Crippen LogP contribution in [0.5, 0.6) is 5.75 Å². The lowest BCUT2D eigenvalue weighted by molar-refractivity contribution is -0.137. The summed E-state index contributed by atoms with van der Waals surface area (Å²) in [6, 6.07) is 11.9. The third-order valence-corrected chi connectivity index (χ3v) is 5.36. The number of benzene rings is 2. The van der Waals surface area contributed by atoms with E-state index in [0.717, 1.165) is 23.4 Å². The highest BCUT2D eigenvalue weighted by Gasteiger charge is 2.36. The first kappa shape index (κ1) is 20.6. The minimum atomic E-state index is -4.39. The van der Waals surface area contributed by atoms with Gasteiger partial charge in [0.15, 0.2) is 0 Å². The van der Waals surface area contributed by atoms with E-state index in [-0.39, 0.29) is 0 Å². The van der Waals surface area contributed by atoms with E-state index in [0.29, 0.717) is 38.0 Å². The van der Waals surface area contributed by atoms with E-state index in [4.69, 9.17) is 4.74 Å². The van der Waals surface area contributed by atoms with E-state index in [1.165, 1.54) is 12.1 Å². The molecular formula is C21H24F3NO3. The summed E-state index contributed by atoms with van der Waals surface area (Å²) >= 11 is 0. The molecule has 2 aromatic rings. The first-order valence-corrected chi connectivity index (χ1v) is 9.16. The average molecular weight is 395 g/mol. The highest BCUT2D eigenvalue weighted by Crippen LogP contribution is 2.36. The average Bonchev–Trinajstić information content (AvgIpc) is 2.69. The number of alkyl halides is 3. The molecule has 0 amide bonds. The maximum Gasteiger partial charge on any atom is 0.416 e. The topological polar surface area (TPSA) is 52.9 Å². The van der Waals surface area contributed by atoms with Crippen molar-refractivity contribution in [2.24, 2.45) is 0 Å². The van der Waals surface area contributed by atoms with Crippen LogP contribution in [0.15, 0.2) is 48.5 Å². The number of likely N-dealkylation sites (tertiary alicyclic amines) is 1. The lowest BCUT2D eigenvalue weighted by Crippen LogP contribution is -2.44. The van der Waals surface area contributed by atoms with Crippen LogP contribution in [0.3, 0.4) is 0 Å². The van der Waals surface area contributed by atoms with Crippen molar-refractivity contribution in [1.82, 2.24) is 4.90 Å². The van der Waals surface area contributed by atoms with E-state index in [9.17, 15) is 23.4 Å². The Hall–Kier alpha value is -2.09. The van der Waals surface area contributed by atoms with Crippen molar-refractivity contribution in [3.63, 3.8) is 0 Å². The van der Waals surface area contributed by atoms with Gasteiger partial charge in [0, 0.05) is 19.6 Å². The van der Waals surface area contributed by atoms with E-state index < -0.39 is 23.4 Å². The number of nitrogens with zero attached hydrogens (tertiary/aromatic N) is 1. The Morgan fingerprint density at radius 1 is 1.04 bits per heavy atom. The summed E-state index contributed by atoms with van der Waals surface area (Å²) in [5, 5.41) is 21.3. The Balaban J connectivity index is 1.58. The third kappa shape index (κ3) is 4.66. The first-order chi connectivity index (χ1) is 13.2. The Kier molecular flexibility index (Phi) is 5.98. The van der Waals surface area contributed by atoms with Gasteiger partial charge in [-0.25, -0.2) is 0 Å². The van der Waals surface area contributed by atoms with Gasteiger partial charge >= 0.3 is 6.18 Å². The largest absolute Gasteiger partial charge is 0.497 e. The summed E-state index contributed by atoms with van der Waals surface area (Å²) in [5.41, 5.74) is -0.591. The highest BCUT2D eigenvalue weighted by atomic mass is 19.4. The number of ether oxygens (including phenoxy) is 1. The minimum absolute atomic E-state index is 0.397. The molecule has 0 radical (unpaired) electrons. The standard InChI is InChI=1S/C21H24F3NO3/c1-28-18-8-2-15(3-9-18)19(26)14-25-12-10-20(27,11-13-25)16-4-6-17(7-5-16)21(22,23)24/h2-9,19,26-27H,10-14H2,1H3. The van der Waals surface area contributed by atoms with E-state index >= 15 is 0 Å². The van der Waals surface area contributed by atoms with E-state index in [1.54, 1.807) is 19.2 Å². The second-order valence-electron chi connectivity index (χ2n) is 7.20. The molecule has 0 spiro atoms. The lowest BCUT2D eigenvalue weighted by Gasteiger charge is -2.39. The Morgan fingerprint density at radius 3 is 2.11 bits per heavy atom. The number of halogens is 3. The minimum Gasteiger partial charge on any atom is -0.497 e. The molecule has 0 bridgehead atoms. The smallest absolute Gasteiger partial charge is 0.416 e. The molecule has 3 rings (SSSR count). The van der Waals surface area contributed by atoms with Gasteiger partial charge in [-0.1, -0.05) is 24.3 Å². The Bertz CT molecular complexity index is 767. The Morgan fingerprint density at radius 2 is 1.61 bits per heavy atom. The fraction of sp³-hybridized carbons (Fsp3) is 0.429. The van der Waals surface area contributed by atoms with Crippen LogP contribution in [-0.2, 0) is 11.8 Å². The summed E-state index contributed by atoms with van der Waals surface area (Å²) in [4.78, 5) is 2.05. The SMILES string of the molecule is COc1ccc(C(O)CN2CCC(O)(c3ccc(C(F)(F)F)cc3)CC2)cc1. The van der Waals surface area contributed by atoms with Crippen LogP contribution in [0, 0.1) is 0 Å². The highest BCUT2D eigenvalue weighted by molar-refractivity contribution is 5.30. The molecule has 1 fully saturated rings. The van der Waals surface area contributed by atoms with Crippen molar-refractivity contribution in [3.8, 4) is 5.75 Å². The van der Waals surface area contributed by atoms with Gasteiger partial charge in [0.2, 0.25) is 0 Å². The molecule has 1 saturated heterocycles. The number of hydrogen-bond donors (Lipinski definition) is 2. The number of aliphatic hydroxyl groups excluding tert-OH is 1. The molecule has 28 heavy (non-hydrogen) atoms. The zero-order valence-corrected chi connectivity index (χ0v) is 15.6. The molecule has 0 saturated carbocycles. The van der Waals surface area contributed by atoms with Gasteiger partial charge in [0.25, 0.3) is 0 Å². The maximum absolute atomic E-state index is 12.7. The normalized spacial score (nSPS) is 18.6. The summed E-state index contributed by atoms with van der Waals surface area (Å²) in [7, 11) is 1.58. The zero-order chi connectivity index (χ0) is 20.4. The second-order valence-corrected chi connectivity index (χ2v) is 7.20. The molecule has 2 N–H and O–H groups in total. The molecule has 1 aliphatic rings. The molecule has 1 unspecified atom stereocenters. The molecule has 1 aliphatic heterocycles. The molecule has 152 valence electrons.